The highest BCUT2D eigenvalue weighted by molar-refractivity contribution is 14.0. The van der Waals surface area contributed by atoms with E-state index in [9.17, 15) is 0 Å². The van der Waals surface area contributed by atoms with E-state index < -0.39 is 0 Å². The number of hydrogen-bond donors (Lipinski definition) is 2. The summed E-state index contributed by atoms with van der Waals surface area (Å²) in [6.07, 6.45) is 6.10. The maximum absolute atomic E-state index is 4.85. The van der Waals surface area contributed by atoms with Gasteiger partial charge in [0.15, 0.2) is 5.96 Å². The molecule has 32 heavy (non-hydrogen) atoms. The summed E-state index contributed by atoms with van der Waals surface area (Å²) < 4.78 is 2.11. The molecule has 7 nitrogen and oxygen atoms in total. The number of halogens is 1. The number of nitrogens with zero attached hydrogens (tertiary/aromatic N) is 5. The number of aryl methyl sites for hydroxylation is 1. The van der Waals surface area contributed by atoms with E-state index in [4.69, 9.17) is 4.99 Å². The molecule has 0 spiro atoms. The number of hydrogen-bond acceptors (Lipinski definition) is 4. The highest BCUT2D eigenvalue weighted by Gasteiger charge is 2.20. The quantitative estimate of drug-likeness (QED) is 0.267. The highest BCUT2D eigenvalue weighted by atomic mass is 127. The fraction of sp³-hybridized carbons (Fsp3) is 0.625. The van der Waals surface area contributed by atoms with Gasteiger partial charge in [-0.2, -0.15) is 0 Å². The van der Waals surface area contributed by atoms with Crippen LogP contribution in [0.5, 0.6) is 0 Å². The van der Waals surface area contributed by atoms with E-state index >= 15 is 0 Å². The Balaban J connectivity index is 0.00000363. The summed E-state index contributed by atoms with van der Waals surface area (Å²) in [5.74, 6) is 2.63. The van der Waals surface area contributed by atoms with Crippen LogP contribution in [0.15, 0.2) is 41.7 Å². The van der Waals surface area contributed by atoms with E-state index in [-0.39, 0.29) is 24.0 Å². The van der Waals surface area contributed by atoms with Crippen LogP contribution in [0.2, 0.25) is 0 Å². The predicted molar refractivity (Wildman–Crippen MR) is 142 cm³/mol. The molecule has 0 saturated carbocycles. The summed E-state index contributed by atoms with van der Waals surface area (Å²) >= 11 is 0. The fourth-order valence-electron chi connectivity index (χ4n) is 3.89. The SMILES string of the molecule is CCc1nncn1CCNC(=NCCC(C)C)NC1CCN(Cc2ccccc2)CC1.I. The smallest absolute Gasteiger partial charge is 0.191 e. The molecule has 0 bridgehead atoms. The summed E-state index contributed by atoms with van der Waals surface area (Å²) in [6, 6.07) is 11.2. The van der Waals surface area contributed by atoms with Crippen LogP contribution in [0.4, 0.5) is 0 Å². The zero-order valence-electron chi connectivity index (χ0n) is 19.8. The molecule has 1 aromatic carbocycles. The summed E-state index contributed by atoms with van der Waals surface area (Å²) in [4.78, 5) is 7.40. The first-order valence-electron chi connectivity index (χ1n) is 11.8. The zero-order valence-corrected chi connectivity index (χ0v) is 22.2. The van der Waals surface area contributed by atoms with E-state index in [0.29, 0.717) is 12.0 Å². The van der Waals surface area contributed by atoms with E-state index in [0.717, 1.165) is 76.7 Å². The van der Waals surface area contributed by atoms with Crippen molar-refractivity contribution in [2.75, 3.05) is 26.2 Å². The maximum Gasteiger partial charge on any atom is 0.191 e. The van der Waals surface area contributed by atoms with Gasteiger partial charge in [-0.15, -0.1) is 34.2 Å². The first kappa shape index (κ1) is 26.6. The van der Waals surface area contributed by atoms with Gasteiger partial charge in [0, 0.05) is 51.7 Å². The van der Waals surface area contributed by atoms with Gasteiger partial charge in [0.1, 0.15) is 12.2 Å². The van der Waals surface area contributed by atoms with Gasteiger partial charge >= 0.3 is 0 Å². The number of rotatable bonds is 10. The molecule has 8 heteroatoms. The van der Waals surface area contributed by atoms with Crippen LogP contribution in [0.1, 0.15) is 51.4 Å². The van der Waals surface area contributed by atoms with Crippen LogP contribution in [-0.2, 0) is 19.5 Å². The van der Waals surface area contributed by atoms with Crippen LogP contribution in [0.25, 0.3) is 0 Å². The topological polar surface area (TPSA) is 70.4 Å². The lowest BCUT2D eigenvalue weighted by Crippen LogP contribution is -2.49. The lowest BCUT2D eigenvalue weighted by atomic mass is 10.0. The van der Waals surface area contributed by atoms with Crippen molar-refractivity contribution in [1.29, 1.82) is 0 Å². The van der Waals surface area contributed by atoms with Crippen molar-refractivity contribution >= 4 is 29.9 Å². The van der Waals surface area contributed by atoms with Gasteiger partial charge in [-0.3, -0.25) is 9.89 Å². The molecule has 2 aromatic rings. The molecule has 0 radical (unpaired) electrons. The van der Waals surface area contributed by atoms with Gasteiger partial charge in [0.25, 0.3) is 0 Å². The van der Waals surface area contributed by atoms with Crippen molar-refractivity contribution in [1.82, 2.24) is 30.3 Å². The first-order valence-corrected chi connectivity index (χ1v) is 11.8. The van der Waals surface area contributed by atoms with Crippen LogP contribution in [-0.4, -0.2) is 57.8 Å². The lowest BCUT2D eigenvalue weighted by molar-refractivity contribution is 0.198. The summed E-state index contributed by atoms with van der Waals surface area (Å²) in [7, 11) is 0. The van der Waals surface area contributed by atoms with Crippen molar-refractivity contribution in [2.24, 2.45) is 10.9 Å². The zero-order chi connectivity index (χ0) is 21.9. The molecule has 178 valence electrons. The third-order valence-electron chi connectivity index (χ3n) is 5.81. The second-order valence-electron chi connectivity index (χ2n) is 8.81. The van der Waals surface area contributed by atoms with E-state index in [1.807, 2.05) is 6.33 Å². The maximum atomic E-state index is 4.85. The van der Waals surface area contributed by atoms with E-state index in [1.54, 1.807) is 0 Å². The van der Waals surface area contributed by atoms with Crippen LogP contribution in [0.3, 0.4) is 0 Å². The first-order chi connectivity index (χ1) is 15.1. The Morgan fingerprint density at radius 1 is 1.19 bits per heavy atom. The summed E-state index contributed by atoms with van der Waals surface area (Å²) in [6.45, 7) is 12.4. The Kier molecular flexibility index (Phi) is 12.0. The van der Waals surface area contributed by atoms with Gasteiger partial charge in [0.2, 0.25) is 0 Å². The van der Waals surface area contributed by atoms with Crippen molar-refractivity contribution in [3.8, 4) is 0 Å². The highest BCUT2D eigenvalue weighted by Crippen LogP contribution is 2.14. The number of piperidine rings is 1. The number of aliphatic imine (C=N–C) groups is 1. The molecule has 0 aliphatic carbocycles. The average Bonchev–Trinajstić information content (AvgIpc) is 3.23. The van der Waals surface area contributed by atoms with Gasteiger partial charge < -0.3 is 15.2 Å². The molecule has 1 fully saturated rings. The number of aromatic nitrogens is 3. The number of nitrogens with one attached hydrogen (secondary N) is 2. The second kappa shape index (κ2) is 14.5. The Morgan fingerprint density at radius 3 is 2.62 bits per heavy atom. The van der Waals surface area contributed by atoms with Gasteiger partial charge in [-0.05, 0) is 30.7 Å². The van der Waals surface area contributed by atoms with Crippen molar-refractivity contribution < 1.29 is 0 Å². The summed E-state index contributed by atoms with van der Waals surface area (Å²) in [5.41, 5.74) is 1.40. The molecule has 0 atom stereocenters. The molecule has 3 rings (SSSR count). The Hall–Kier alpha value is -1.68. The van der Waals surface area contributed by atoms with Crippen molar-refractivity contribution in [3.63, 3.8) is 0 Å². The molecular weight excluding hydrogens is 513 g/mol. The number of guanidine groups is 1. The predicted octanol–water partition coefficient (Wildman–Crippen LogP) is 3.70. The van der Waals surface area contributed by atoms with Crippen molar-refractivity contribution in [2.45, 2.75) is 65.6 Å². The van der Waals surface area contributed by atoms with Crippen LogP contribution in [0, 0.1) is 5.92 Å². The normalized spacial score (nSPS) is 15.6. The van der Waals surface area contributed by atoms with Crippen LogP contribution >= 0.6 is 24.0 Å². The van der Waals surface area contributed by atoms with Gasteiger partial charge in [0.05, 0.1) is 0 Å². The minimum Gasteiger partial charge on any atom is -0.355 e. The fourth-order valence-corrected chi connectivity index (χ4v) is 3.89. The summed E-state index contributed by atoms with van der Waals surface area (Å²) in [5, 5.41) is 15.4. The Labute approximate surface area is 210 Å². The van der Waals surface area contributed by atoms with E-state index in [1.165, 1.54) is 5.56 Å². The van der Waals surface area contributed by atoms with E-state index in [2.05, 4.69) is 81.4 Å². The molecule has 1 aliphatic heterocycles. The molecule has 0 amide bonds. The third-order valence-corrected chi connectivity index (χ3v) is 5.81. The van der Waals surface area contributed by atoms with Gasteiger partial charge in [-0.25, -0.2) is 0 Å². The standard InChI is InChI=1S/C24H39N7.HI/c1-4-23-29-27-19-31(23)17-14-26-24(25-13-10-20(2)3)28-22-11-15-30(16-12-22)18-21-8-6-5-7-9-21;/h5-9,19-20,22H,4,10-18H2,1-3H3,(H2,25,26,28);1H. The second-order valence-corrected chi connectivity index (χ2v) is 8.81. The van der Waals surface area contributed by atoms with Crippen LogP contribution < -0.4 is 10.6 Å². The molecular formula is C24H40IN7. The Bertz CT molecular complexity index is 783. The third kappa shape index (κ3) is 9.05. The average molecular weight is 554 g/mol. The molecule has 2 heterocycles. The Morgan fingerprint density at radius 2 is 1.94 bits per heavy atom. The lowest BCUT2D eigenvalue weighted by Gasteiger charge is -2.33. The number of likely N-dealkylation sites (tertiary alicyclic amines) is 1. The molecule has 1 aliphatic rings. The molecule has 0 unspecified atom stereocenters. The minimum absolute atomic E-state index is 0. The molecule has 1 aromatic heterocycles. The monoisotopic (exact) mass is 553 g/mol. The van der Waals surface area contributed by atoms with Gasteiger partial charge in [-0.1, -0.05) is 51.1 Å². The largest absolute Gasteiger partial charge is 0.355 e. The van der Waals surface area contributed by atoms with Crippen molar-refractivity contribution in [3.05, 3.63) is 48.0 Å². The molecule has 1 saturated heterocycles. The minimum atomic E-state index is 0. The number of benzene rings is 1. The molecule has 2 N–H and O–H groups in total.